The fraction of sp³-hybridized carbons (Fsp3) is 0. The quantitative estimate of drug-likeness (QED) is 0.514. The Morgan fingerprint density at radius 3 is 1.89 bits per heavy atom. The summed E-state index contributed by atoms with van der Waals surface area (Å²) in [6, 6.07) is 23.4. The molecule has 1 heterocycles. The molecule has 0 saturated carbocycles. The van der Waals surface area contributed by atoms with Gasteiger partial charge in [-0.3, -0.25) is 0 Å². The van der Waals surface area contributed by atoms with Gasteiger partial charge in [0.05, 0.1) is 2.88 Å². The first-order chi connectivity index (χ1) is 8.84. The topological polar surface area (TPSA) is 0 Å². The van der Waals surface area contributed by atoms with Crippen LogP contribution in [0, 0.1) is 2.88 Å². The van der Waals surface area contributed by atoms with Gasteiger partial charge in [0.25, 0.3) is 0 Å². The Hall–Kier alpha value is -1.13. The van der Waals surface area contributed by atoms with Crippen molar-refractivity contribution >= 4 is 33.9 Å². The van der Waals surface area contributed by atoms with Crippen LogP contribution in [0.3, 0.4) is 0 Å². The summed E-state index contributed by atoms with van der Waals surface area (Å²) in [5, 5.41) is 0. The highest BCUT2D eigenvalue weighted by Crippen LogP contribution is 2.37. The van der Waals surface area contributed by atoms with Gasteiger partial charge in [0.15, 0.2) is 0 Å². The standard InChI is InChI=1S/C16H11IS/c17-16-14(12-7-3-1-4-8-12)11-15(18-16)13-9-5-2-6-10-13/h1-11H. The summed E-state index contributed by atoms with van der Waals surface area (Å²) in [6.07, 6.45) is 0. The van der Waals surface area contributed by atoms with E-state index in [0.29, 0.717) is 0 Å². The van der Waals surface area contributed by atoms with Gasteiger partial charge in [0, 0.05) is 10.4 Å². The molecule has 0 amide bonds. The van der Waals surface area contributed by atoms with Crippen LogP contribution in [-0.2, 0) is 0 Å². The fourth-order valence-electron chi connectivity index (χ4n) is 1.93. The second kappa shape index (κ2) is 5.24. The highest BCUT2D eigenvalue weighted by Gasteiger charge is 2.09. The molecular weight excluding hydrogens is 351 g/mol. The molecule has 0 spiro atoms. The normalized spacial score (nSPS) is 10.5. The van der Waals surface area contributed by atoms with Crippen LogP contribution in [0.4, 0.5) is 0 Å². The lowest BCUT2D eigenvalue weighted by Crippen LogP contribution is -1.74. The molecule has 1 aromatic heterocycles. The predicted molar refractivity (Wildman–Crippen MR) is 87.9 cm³/mol. The van der Waals surface area contributed by atoms with Gasteiger partial charge in [0.2, 0.25) is 0 Å². The highest BCUT2D eigenvalue weighted by atomic mass is 127. The Morgan fingerprint density at radius 2 is 1.28 bits per heavy atom. The third-order valence-corrected chi connectivity index (χ3v) is 5.04. The van der Waals surface area contributed by atoms with Crippen molar-refractivity contribution in [3.8, 4) is 21.6 Å². The van der Waals surface area contributed by atoms with Crippen molar-refractivity contribution in [1.82, 2.24) is 0 Å². The van der Waals surface area contributed by atoms with Gasteiger partial charge in [-0.25, -0.2) is 0 Å². The van der Waals surface area contributed by atoms with Crippen molar-refractivity contribution in [2.75, 3.05) is 0 Å². The van der Waals surface area contributed by atoms with Gasteiger partial charge in [-0.15, -0.1) is 11.3 Å². The molecule has 0 aliphatic heterocycles. The summed E-state index contributed by atoms with van der Waals surface area (Å²) in [6.45, 7) is 0. The Labute approximate surface area is 124 Å². The second-order valence-electron chi connectivity index (χ2n) is 4.03. The van der Waals surface area contributed by atoms with E-state index >= 15 is 0 Å². The lowest BCUT2D eigenvalue weighted by atomic mass is 10.1. The molecule has 0 aliphatic rings. The Kier molecular flexibility index (Phi) is 3.48. The molecule has 0 N–H and O–H groups in total. The van der Waals surface area contributed by atoms with Gasteiger partial charge >= 0.3 is 0 Å². The number of hydrogen-bond acceptors (Lipinski definition) is 1. The zero-order chi connectivity index (χ0) is 12.4. The monoisotopic (exact) mass is 362 g/mol. The molecule has 0 unspecified atom stereocenters. The van der Waals surface area contributed by atoms with Gasteiger partial charge < -0.3 is 0 Å². The summed E-state index contributed by atoms with van der Waals surface area (Å²) in [7, 11) is 0. The second-order valence-corrected chi connectivity index (χ2v) is 6.89. The number of thiophene rings is 1. The van der Waals surface area contributed by atoms with Crippen molar-refractivity contribution in [1.29, 1.82) is 0 Å². The van der Waals surface area contributed by atoms with Crippen molar-refractivity contribution < 1.29 is 0 Å². The van der Waals surface area contributed by atoms with E-state index < -0.39 is 0 Å². The molecule has 0 bridgehead atoms. The molecule has 0 atom stereocenters. The molecule has 0 nitrogen and oxygen atoms in total. The Morgan fingerprint density at radius 1 is 0.722 bits per heavy atom. The summed E-state index contributed by atoms with van der Waals surface area (Å²) in [5.74, 6) is 0. The number of hydrogen-bond donors (Lipinski definition) is 0. The van der Waals surface area contributed by atoms with E-state index in [4.69, 9.17) is 0 Å². The summed E-state index contributed by atoms with van der Waals surface area (Å²) < 4.78 is 1.35. The van der Waals surface area contributed by atoms with E-state index in [2.05, 4.69) is 89.3 Å². The fourth-order valence-corrected chi connectivity index (χ4v) is 4.02. The number of rotatable bonds is 2. The molecule has 2 aromatic carbocycles. The van der Waals surface area contributed by atoms with Gasteiger partial charge in [-0.2, -0.15) is 0 Å². The molecule has 0 radical (unpaired) electrons. The van der Waals surface area contributed by atoms with E-state index in [1.165, 1.54) is 24.5 Å². The van der Waals surface area contributed by atoms with Crippen molar-refractivity contribution in [3.63, 3.8) is 0 Å². The summed E-state index contributed by atoms with van der Waals surface area (Å²) in [4.78, 5) is 1.33. The van der Waals surface area contributed by atoms with Crippen molar-refractivity contribution in [2.24, 2.45) is 0 Å². The van der Waals surface area contributed by atoms with Crippen LogP contribution in [0.1, 0.15) is 0 Å². The van der Waals surface area contributed by atoms with E-state index in [0.717, 1.165) is 0 Å². The third kappa shape index (κ3) is 2.35. The van der Waals surface area contributed by atoms with E-state index in [1.807, 2.05) is 11.3 Å². The predicted octanol–water partition coefficient (Wildman–Crippen LogP) is 5.69. The molecular formula is C16H11IS. The van der Waals surface area contributed by atoms with Crippen LogP contribution in [0.5, 0.6) is 0 Å². The van der Waals surface area contributed by atoms with Gasteiger partial charge in [-0.1, -0.05) is 60.7 Å². The summed E-state index contributed by atoms with van der Waals surface area (Å²) in [5.41, 5.74) is 3.92. The largest absolute Gasteiger partial charge is 0.129 e. The van der Waals surface area contributed by atoms with Gasteiger partial charge in [-0.05, 0) is 39.8 Å². The summed E-state index contributed by atoms with van der Waals surface area (Å²) >= 11 is 4.28. The average molecular weight is 362 g/mol. The third-order valence-electron chi connectivity index (χ3n) is 2.83. The smallest absolute Gasteiger partial charge is 0.0738 e. The molecule has 88 valence electrons. The number of benzene rings is 2. The molecule has 0 aliphatic carbocycles. The van der Waals surface area contributed by atoms with Gasteiger partial charge in [0.1, 0.15) is 0 Å². The molecule has 3 rings (SSSR count). The van der Waals surface area contributed by atoms with E-state index in [9.17, 15) is 0 Å². The lowest BCUT2D eigenvalue weighted by molar-refractivity contribution is 1.65. The average Bonchev–Trinajstić information content (AvgIpc) is 2.83. The Balaban J connectivity index is 2.07. The first-order valence-electron chi connectivity index (χ1n) is 5.75. The van der Waals surface area contributed by atoms with E-state index in [-0.39, 0.29) is 0 Å². The highest BCUT2D eigenvalue weighted by molar-refractivity contribution is 14.1. The minimum Gasteiger partial charge on any atom is -0.129 e. The first kappa shape index (κ1) is 11.9. The maximum atomic E-state index is 2.43. The molecule has 18 heavy (non-hydrogen) atoms. The zero-order valence-corrected chi connectivity index (χ0v) is 12.6. The van der Waals surface area contributed by atoms with Crippen LogP contribution in [0.2, 0.25) is 0 Å². The minimum absolute atomic E-state index is 1.29. The minimum atomic E-state index is 1.29. The number of halogens is 1. The Bertz CT molecular complexity index is 641. The zero-order valence-electron chi connectivity index (χ0n) is 9.64. The first-order valence-corrected chi connectivity index (χ1v) is 7.64. The van der Waals surface area contributed by atoms with E-state index in [1.54, 1.807) is 0 Å². The molecule has 3 aromatic rings. The van der Waals surface area contributed by atoms with Crippen molar-refractivity contribution in [3.05, 3.63) is 69.6 Å². The van der Waals surface area contributed by atoms with Crippen LogP contribution >= 0.6 is 33.9 Å². The van der Waals surface area contributed by atoms with Crippen LogP contribution in [0.25, 0.3) is 21.6 Å². The lowest BCUT2D eigenvalue weighted by Gasteiger charge is -1.97. The van der Waals surface area contributed by atoms with Crippen LogP contribution < -0.4 is 0 Å². The van der Waals surface area contributed by atoms with Crippen LogP contribution in [0.15, 0.2) is 66.7 Å². The molecule has 0 saturated heterocycles. The molecule has 0 fully saturated rings. The maximum Gasteiger partial charge on any atom is 0.0738 e. The SMILES string of the molecule is Ic1sc(-c2ccccc2)cc1-c1ccccc1. The van der Waals surface area contributed by atoms with Crippen molar-refractivity contribution in [2.45, 2.75) is 0 Å². The molecule has 2 heteroatoms. The maximum absolute atomic E-state index is 2.43. The van der Waals surface area contributed by atoms with Crippen LogP contribution in [-0.4, -0.2) is 0 Å².